The zero-order valence-electron chi connectivity index (χ0n) is 20.3. The lowest BCUT2D eigenvalue weighted by atomic mass is 9.68. The summed E-state index contributed by atoms with van der Waals surface area (Å²) in [6.45, 7) is 10.2. The molecular weight excluding hydrogens is 412 g/mol. The molecule has 33 heavy (non-hydrogen) atoms. The second-order valence-corrected chi connectivity index (χ2v) is 9.98. The Kier molecular flexibility index (Phi) is 5.91. The predicted molar refractivity (Wildman–Crippen MR) is 131 cm³/mol. The van der Waals surface area contributed by atoms with Gasteiger partial charge in [-0.25, -0.2) is 0 Å². The summed E-state index contributed by atoms with van der Waals surface area (Å²) in [4.78, 5) is 27.1. The third kappa shape index (κ3) is 4.45. The number of carbonyl (C=O) groups excluding carboxylic acids is 2. The molecule has 2 N–H and O–H groups in total. The highest BCUT2D eigenvalue weighted by atomic mass is 16.5. The molecule has 1 aliphatic carbocycles. The van der Waals surface area contributed by atoms with Gasteiger partial charge in [0.15, 0.2) is 5.78 Å². The molecule has 5 nitrogen and oxygen atoms in total. The van der Waals surface area contributed by atoms with E-state index in [0.717, 1.165) is 45.9 Å². The Morgan fingerprint density at radius 1 is 1.06 bits per heavy atom. The molecule has 1 atom stereocenters. The number of Topliss-reactive ketones (excluding diaryl/α,β-unsaturated/α-hetero) is 1. The van der Waals surface area contributed by atoms with Crippen LogP contribution in [0.4, 0.5) is 5.69 Å². The number of dihydropyridines is 1. The third-order valence-electron chi connectivity index (χ3n) is 6.56. The lowest BCUT2D eigenvalue weighted by Gasteiger charge is -2.39. The lowest BCUT2D eigenvalue weighted by molar-refractivity contribution is -0.118. The first-order chi connectivity index (χ1) is 15.6. The van der Waals surface area contributed by atoms with Crippen LogP contribution in [-0.4, -0.2) is 18.8 Å². The minimum absolute atomic E-state index is 0.0962. The van der Waals surface area contributed by atoms with Gasteiger partial charge in [0.25, 0.3) is 5.91 Å². The van der Waals surface area contributed by atoms with Gasteiger partial charge in [-0.2, -0.15) is 0 Å². The van der Waals surface area contributed by atoms with Gasteiger partial charge in [0, 0.05) is 40.6 Å². The van der Waals surface area contributed by atoms with Crippen LogP contribution in [0.5, 0.6) is 5.75 Å². The number of nitrogens with one attached hydrogen (secondary N) is 2. The Morgan fingerprint density at radius 2 is 1.76 bits per heavy atom. The molecule has 0 bridgehead atoms. The Hall–Kier alpha value is -3.34. The molecule has 2 aromatic rings. The van der Waals surface area contributed by atoms with Gasteiger partial charge in [0.1, 0.15) is 5.75 Å². The lowest BCUT2D eigenvalue weighted by Crippen LogP contribution is -2.39. The Balaban J connectivity index is 1.80. The minimum atomic E-state index is -0.429. The van der Waals surface area contributed by atoms with Crippen molar-refractivity contribution in [2.24, 2.45) is 5.41 Å². The van der Waals surface area contributed by atoms with E-state index in [9.17, 15) is 9.59 Å². The normalized spacial score (nSPS) is 19.7. The number of anilines is 1. The van der Waals surface area contributed by atoms with Crippen LogP contribution in [0, 0.1) is 19.3 Å². The van der Waals surface area contributed by atoms with E-state index in [0.29, 0.717) is 17.6 Å². The molecule has 172 valence electrons. The van der Waals surface area contributed by atoms with E-state index in [-0.39, 0.29) is 17.1 Å². The molecule has 0 saturated heterocycles. The number of ketones is 1. The van der Waals surface area contributed by atoms with Crippen LogP contribution < -0.4 is 15.4 Å². The number of methoxy groups -OCH3 is 1. The number of allylic oxidation sites excluding steroid dienone is 3. The van der Waals surface area contributed by atoms with Crippen molar-refractivity contribution >= 4 is 17.4 Å². The quantitative estimate of drug-likeness (QED) is 0.648. The predicted octanol–water partition coefficient (Wildman–Crippen LogP) is 5.55. The maximum absolute atomic E-state index is 13.7. The number of benzene rings is 2. The smallest absolute Gasteiger partial charge is 0.254 e. The van der Waals surface area contributed by atoms with Gasteiger partial charge in [-0.1, -0.05) is 43.7 Å². The van der Waals surface area contributed by atoms with Gasteiger partial charge < -0.3 is 15.4 Å². The number of aryl methyl sites for hydroxylation is 2. The van der Waals surface area contributed by atoms with E-state index in [1.807, 2.05) is 63.2 Å². The van der Waals surface area contributed by atoms with Gasteiger partial charge in [0.2, 0.25) is 0 Å². The molecule has 0 unspecified atom stereocenters. The van der Waals surface area contributed by atoms with Crippen molar-refractivity contribution in [3.8, 4) is 5.75 Å². The fourth-order valence-electron chi connectivity index (χ4n) is 5.01. The fourth-order valence-corrected chi connectivity index (χ4v) is 5.01. The molecule has 0 aromatic heterocycles. The zero-order valence-corrected chi connectivity index (χ0v) is 20.3. The van der Waals surface area contributed by atoms with Crippen molar-refractivity contribution in [3.63, 3.8) is 0 Å². The SMILES string of the molecule is COc1ccc([C@H]2C(C(=O)Nc3ccc(C)cc3C)=C(C)NC3=C2C(=O)CC(C)(C)C3)cc1. The molecule has 0 saturated carbocycles. The van der Waals surface area contributed by atoms with Crippen LogP contribution >= 0.6 is 0 Å². The molecule has 2 aliphatic rings. The van der Waals surface area contributed by atoms with Crippen molar-refractivity contribution in [1.82, 2.24) is 5.32 Å². The number of amides is 1. The summed E-state index contributed by atoms with van der Waals surface area (Å²) in [5.74, 6) is 0.206. The zero-order chi connectivity index (χ0) is 23.9. The average Bonchev–Trinajstić information content (AvgIpc) is 2.73. The van der Waals surface area contributed by atoms with E-state index < -0.39 is 5.92 Å². The summed E-state index contributed by atoms with van der Waals surface area (Å²) in [7, 11) is 1.62. The first kappa shape index (κ1) is 22.8. The summed E-state index contributed by atoms with van der Waals surface area (Å²) >= 11 is 0. The molecule has 1 amide bonds. The molecule has 5 heteroatoms. The molecule has 2 aromatic carbocycles. The minimum Gasteiger partial charge on any atom is -0.497 e. The summed E-state index contributed by atoms with van der Waals surface area (Å²) in [5, 5.41) is 6.51. The topological polar surface area (TPSA) is 67.4 Å². The van der Waals surface area contributed by atoms with Crippen LogP contribution in [0.2, 0.25) is 0 Å². The van der Waals surface area contributed by atoms with E-state index in [4.69, 9.17) is 4.74 Å². The van der Waals surface area contributed by atoms with Gasteiger partial charge in [0.05, 0.1) is 7.11 Å². The summed E-state index contributed by atoms with van der Waals surface area (Å²) in [5.41, 5.74) is 6.69. The average molecular weight is 445 g/mol. The number of ether oxygens (including phenoxy) is 1. The Morgan fingerprint density at radius 3 is 2.39 bits per heavy atom. The second kappa shape index (κ2) is 8.54. The fraction of sp³-hybridized carbons (Fsp3) is 0.357. The van der Waals surface area contributed by atoms with E-state index in [2.05, 4.69) is 24.5 Å². The standard InChI is InChI=1S/C28H32N2O3/c1-16-7-12-21(17(2)13-16)30-27(32)24-18(3)29-22-14-28(4,5)15-23(31)26(22)25(24)19-8-10-20(33-6)11-9-19/h7-13,25,29H,14-15H2,1-6H3,(H,30,32)/t25-/m0/s1. The van der Waals surface area contributed by atoms with Crippen molar-refractivity contribution < 1.29 is 14.3 Å². The molecule has 0 fully saturated rings. The monoisotopic (exact) mass is 444 g/mol. The van der Waals surface area contributed by atoms with Crippen molar-refractivity contribution in [2.45, 2.75) is 53.4 Å². The molecule has 0 spiro atoms. The second-order valence-electron chi connectivity index (χ2n) is 9.98. The molecule has 4 rings (SSSR count). The third-order valence-corrected chi connectivity index (χ3v) is 6.56. The number of hydrogen-bond donors (Lipinski definition) is 2. The largest absolute Gasteiger partial charge is 0.497 e. The van der Waals surface area contributed by atoms with Crippen LogP contribution in [0.15, 0.2) is 65.0 Å². The molecular formula is C28H32N2O3. The van der Waals surface area contributed by atoms with Gasteiger partial charge in [-0.15, -0.1) is 0 Å². The molecule has 1 heterocycles. The van der Waals surface area contributed by atoms with Crippen molar-refractivity contribution in [2.75, 3.05) is 12.4 Å². The highest BCUT2D eigenvalue weighted by molar-refractivity contribution is 6.10. The Bertz CT molecular complexity index is 1190. The summed E-state index contributed by atoms with van der Waals surface area (Å²) in [6, 6.07) is 13.6. The first-order valence-electron chi connectivity index (χ1n) is 11.4. The first-order valence-corrected chi connectivity index (χ1v) is 11.4. The number of carbonyl (C=O) groups is 2. The number of rotatable bonds is 4. The van der Waals surface area contributed by atoms with Crippen LogP contribution in [0.25, 0.3) is 0 Å². The molecule has 1 aliphatic heterocycles. The van der Waals surface area contributed by atoms with Crippen molar-refractivity contribution in [1.29, 1.82) is 0 Å². The van der Waals surface area contributed by atoms with Crippen LogP contribution in [-0.2, 0) is 9.59 Å². The maximum Gasteiger partial charge on any atom is 0.254 e. The maximum atomic E-state index is 13.7. The van der Waals surface area contributed by atoms with Crippen LogP contribution in [0.1, 0.15) is 56.2 Å². The van der Waals surface area contributed by atoms with Crippen molar-refractivity contribution in [3.05, 3.63) is 81.7 Å². The highest BCUT2D eigenvalue weighted by Crippen LogP contribution is 2.47. The summed E-state index contributed by atoms with van der Waals surface area (Å²) in [6.07, 6.45) is 1.23. The highest BCUT2D eigenvalue weighted by Gasteiger charge is 2.42. The van der Waals surface area contributed by atoms with E-state index >= 15 is 0 Å². The van der Waals surface area contributed by atoms with Gasteiger partial charge >= 0.3 is 0 Å². The molecule has 0 radical (unpaired) electrons. The Labute approximate surface area is 195 Å². The number of hydrogen-bond acceptors (Lipinski definition) is 4. The summed E-state index contributed by atoms with van der Waals surface area (Å²) < 4.78 is 5.33. The van der Waals surface area contributed by atoms with Gasteiger partial charge in [-0.05, 0) is 61.9 Å². The van der Waals surface area contributed by atoms with E-state index in [1.165, 1.54) is 0 Å². The van der Waals surface area contributed by atoms with Gasteiger partial charge in [-0.3, -0.25) is 9.59 Å². The van der Waals surface area contributed by atoms with Crippen LogP contribution in [0.3, 0.4) is 0 Å². The van der Waals surface area contributed by atoms with E-state index in [1.54, 1.807) is 7.11 Å².